The van der Waals surface area contributed by atoms with Crippen LogP contribution in [0.4, 0.5) is 0 Å². The Morgan fingerprint density at radius 1 is 1.21 bits per heavy atom. The van der Waals surface area contributed by atoms with E-state index in [0.29, 0.717) is 5.17 Å². The van der Waals surface area contributed by atoms with Crippen LogP contribution in [0.1, 0.15) is 29.7 Å². The molecule has 1 amide bonds. The van der Waals surface area contributed by atoms with Gasteiger partial charge in [-0.15, -0.1) is 0 Å². The average molecular weight is 340 g/mol. The summed E-state index contributed by atoms with van der Waals surface area (Å²) in [6.07, 6.45) is 3.42. The van der Waals surface area contributed by atoms with Crippen LogP contribution in [0.15, 0.2) is 59.6 Å². The van der Waals surface area contributed by atoms with E-state index in [9.17, 15) is 4.79 Å². The van der Waals surface area contributed by atoms with E-state index in [0.717, 1.165) is 29.7 Å². The van der Waals surface area contributed by atoms with Crippen molar-refractivity contribution in [3.05, 3.63) is 65.7 Å². The molecule has 2 aromatic rings. The van der Waals surface area contributed by atoms with Crippen LogP contribution in [0.2, 0.25) is 0 Å². The van der Waals surface area contributed by atoms with Crippen LogP contribution in [-0.4, -0.2) is 29.8 Å². The number of amides is 1. The van der Waals surface area contributed by atoms with Gasteiger partial charge in [0.05, 0.1) is 6.04 Å². The summed E-state index contributed by atoms with van der Waals surface area (Å²) < 4.78 is 6.19. The van der Waals surface area contributed by atoms with Crippen molar-refractivity contribution < 1.29 is 9.53 Å². The first-order valence-corrected chi connectivity index (χ1v) is 9.06. The predicted octanol–water partition coefficient (Wildman–Crippen LogP) is 4.06. The molecule has 2 atom stereocenters. The van der Waals surface area contributed by atoms with E-state index in [1.807, 2.05) is 48.7 Å². The summed E-state index contributed by atoms with van der Waals surface area (Å²) in [6.45, 7) is 0. The van der Waals surface area contributed by atoms with Gasteiger partial charge in [-0.25, -0.2) is 0 Å². The standard InChI is InChI=1S/C19H20N2O2S/c1-21(13-22)19(24-2)20-16-12-18(14-8-4-3-5-9-14)23-17-11-7-6-10-15(16)17/h3-11,13,16,18H,12H2,1-2H3. The summed E-state index contributed by atoms with van der Waals surface area (Å²) in [5.74, 6) is 0.862. The fourth-order valence-electron chi connectivity index (χ4n) is 2.85. The number of ether oxygens (including phenoxy) is 1. The van der Waals surface area contributed by atoms with E-state index in [2.05, 4.69) is 12.1 Å². The Labute approximate surface area is 146 Å². The Hall–Kier alpha value is -2.27. The highest BCUT2D eigenvalue weighted by Gasteiger charge is 2.29. The van der Waals surface area contributed by atoms with Gasteiger partial charge in [0.2, 0.25) is 6.41 Å². The highest BCUT2D eigenvalue weighted by molar-refractivity contribution is 8.13. The van der Waals surface area contributed by atoms with Gasteiger partial charge < -0.3 is 4.74 Å². The lowest BCUT2D eigenvalue weighted by molar-refractivity contribution is -0.113. The molecule has 0 radical (unpaired) electrons. The maximum absolute atomic E-state index is 11.1. The quantitative estimate of drug-likeness (QED) is 0.481. The maximum Gasteiger partial charge on any atom is 0.215 e. The number of para-hydroxylation sites is 1. The van der Waals surface area contributed by atoms with Crippen molar-refractivity contribution in [3.8, 4) is 5.75 Å². The van der Waals surface area contributed by atoms with Gasteiger partial charge in [0.1, 0.15) is 11.9 Å². The second-order valence-corrected chi connectivity index (χ2v) is 6.41. The number of aliphatic imine (C=N–C) groups is 1. The maximum atomic E-state index is 11.1. The van der Waals surface area contributed by atoms with Crippen LogP contribution in [0.25, 0.3) is 0 Å². The van der Waals surface area contributed by atoms with E-state index in [4.69, 9.17) is 9.73 Å². The molecule has 0 N–H and O–H groups in total. The van der Waals surface area contributed by atoms with Crippen LogP contribution >= 0.6 is 11.8 Å². The molecule has 0 aromatic heterocycles. The number of nitrogens with zero attached hydrogens (tertiary/aromatic N) is 2. The summed E-state index contributed by atoms with van der Waals surface area (Å²) in [5.41, 5.74) is 2.21. The normalized spacial score (nSPS) is 20.0. The molecular formula is C19H20N2O2S. The van der Waals surface area contributed by atoms with Crippen molar-refractivity contribution in [1.82, 2.24) is 4.90 Å². The minimum absolute atomic E-state index is 0.0370. The molecule has 0 spiro atoms. The van der Waals surface area contributed by atoms with Crippen LogP contribution in [0.5, 0.6) is 5.75 Å². The molecule has 2 unspecified atom stereocenters. The number of amidine groups is 1. The highest BCUT2D eigenvalue weighted by Crippen LogP contribution is 2.42. The smallest absolute Gasteiger partial charge is 0.215 e. The summed E-state index contributed by atoms with van der Waals surface area (Å²) in [6, 6.07) is 18.1. The number of benzene rings is 2. The Balaban J connectivity index is 1.98. The zero-order valence-electron chi connectivity index (χ0n) is 13.8. The fraction of sp³-hybridized carbons (Fsp3) is 0.263. The molecule has 1 aliphatic rings. The first kappa shape index (κ1) is 16.6. The third-order valence-corrected chi connectivity index (χ3v) is 4.82. The molecule has 0 saturated heterocycles. The number of carbonyl (C=O) groups is 1. The monoisotopic (exact) mass is 340 g/mol. The highest BCUT2D eigenvalue weighted by atomic mass is 32.2. The Kier molecular flexibility index (Phi) is 5.20. The first-order valence-electron chi connectivity index (χ1n) is 7.83. The molecule has 5 heteroatoms. The van der Waals surface area contributed by atoms with E-state index >= 15 is 0 Å². The zero-order chi connectivity index (χ0) is 16.9. The van der Waals surface area contributed by atoms with E-state index in [1.165, 1.54) is 16.7 Å². The first-order chi connectivity index (χ1) is 11.7. The van der Waals surface area contributed by atoms with Crippen LogP contribution < -0.4 is 4.74 Å². The number of hydrogen-bond acceptors (Lipinski definition) is 4. The van der Waals surface area contributed by atoms with Crippen molar-refractivity contribution in [2.75, 3.05) is 13.3 Å². The van der Waals surface area contributed by atoms with Crippen molar-refractivity contribution in [1.29, 1.82) is 0 Å². The van der Waals surface area contributed by atoms with Crippen molar-refractivity contribution >= 4 is 23.3 Å². The van der Waals surface area contributed by atoms with E-state index < -0.39 is 0 Å². The van der Waals surface area contributed by atoms with Gasteiger partial charge in [-0.3, -0.25) is 14.7 Å². The van der Waals surface area contributed by atoms with Gasteiger partial charge in [0, 0.05) is 19.0 Å². The van der Waals surface area contributed by atoms with Gasteiger partial charge in [0.15, 0.2) is 5.17 Å². The van der Waals surface area contributed by atoms with Crippen molar-refractivity contribution in [2.45, 2.75) is 18.6 Å². The molecule has 1 aliphatic heterocycles. The lowest BCUT2D eigenvalue weighted by Gasteiger charge is -2.31. The summed E-state index contributed by atoms with van der Waals surface area (Å²) >= 11 is 1.47. The van der Waals surface area contributed by atoms with Crippen LogP contribution in [0.3, 0.4) is 0 Å². The Bertz CT molecular complexity index is 733. The Morgan fingerprint density at radius 3 is 2.62 bits per heavy atom. The van der Waals surface area contributed by atoms with Gasteiger partial charge >= 0.3 is 0 Å². The average Bonchev–Trinajstić information content (AvgIpc) is 2.65. The summed E-state index contributed by atoms with van der Waals surface area (Å²) in [4.78, 5) is 17.4. The second-order valence-electron chi connectivity index (χ2n) is 5.64. The summed E-state index contributed by atoms with van der Waals surface area (Å²) in [7, 11) is 1.72. The molecule has 2 aromatic carbocycles. The minimum atomic E-state index is -0.0421. The van der Waals surface area contributed by atoms with Gasteiger partial charge in [-0.1, -0.05) is 60.3 Å². The largest absolute Gasteiger partial charge is 0.485 e. The lowest BCUT2D eigenvalue weighted by atomic mass is 9.93. The van der Waals surface area contributed by atoms with Crippen LogP contribution in [0, 0.1) is 0 Å². The Morgan fingerprint density at radius 2 is 1.92 bits per heavy atom. The molecule has 0 fully saturated rings. The number of fused-ring (bicyclic) bond motifs is 1. The minimum Gasteiger partial charge on any atom is -0.485 e. The number of carbonyl (C=O) groups excluding carboxylic acids is 1. The van der Waals surface area contributed by atoms with E-state index in [-0.39, 0.29) is 12.1 Å². The van der Waals surface area contributed by atoms with Gasteiger partial charge in [0.25, 0.3) is 0 Å². The zero-order valence-corrected chi connectivity index (χ0v) is 14.6. The molecule has 3 rings (SSSR count). The molecule has 0 aliphatic carbocycles. The fourth-order valence-corrected chi connectivity index (χ4v) is 3.42. The van der Waals surface area contributed by atoms with Crippen molar-refractivity contribution in [3.63, 3.8) is 0 Å². The topological polar surface area (TPSA) is 41.9 Å². The molecule has 0 saturated carbocycles. The van der Waals surface area contributed by atoms with Gasteiger partial charge in [-0.2, -0.15) is 0 Å². The molecular weight excluding hydrogens is 320 g/mol. The number of thioether (sulfide) groups is 1. The molecule has 0 bridgehead atoms. The predicted molar refractivity (Wildman–Crippen MR) is 98.4 cm³/mol. The third kappa shape index (κ3) is 3.46. The molecule has 124 valence electrons. The molecule has 24 heavy (non-hydrogen) atoms. The van der Waals surface area contributed by atoms with E-state index in [1.54, 1.807) is 7.05 Å². The third-order valence-electron chi connectivity index (χ3n) is 4.06. The van der Waals surface area contributed by atoms with Gasteiger partial charge in [-0.05, 0) is 17.9 Å². The lowest BCUT2D eigenvalue weighted by Crippen LogP contribution is -2.25. The number of hydrogen-bond donors (Lipinski definition) is 0. The molecule has 1 heterocycles. The number of rotatable bonds is 3. The van der Waals surface area contributed by atoms with Crippen LogP contribution in [-0.2, 0) is 4.79 Å². The second kappa shape index (κ2) is 7.53. The summed E-state index contributed by atoms with van der Waals surface area (Å²) in [5, 5.41) is 0.707. The van der Waals surface area contributed by atoms with Crippen molar-refractivity contribution in [2.24, 2.45) is 4.99 Å². The molecule has 4 nitrogen and oxygen atoms in total. The SMILES string of the molecule is CSC(=NC1CC(c2ccccc2)Oc2ccccc21)N(C)C=O.